The van der Waals surface area contributed by atoms with E-state index in [-0.39, 0.29) is 25.3 Å². The Morgan fingerprint density at radius 2 is 1.86 bits per heavy atom. The smallest absolute Gasteiger partial charge is 0.305 e. The summed E-state index contributed by atoms with van der Waals surface area (Å²) in [6.07, 6.45) is 0.0994. The summed E-state index contributed by atoms with van der Waals surface area (Å²) < 4.78 is 16.2. The number of hydrogen-bond acceptors (Lipinski definition) is 7. The third-order valence-corrected chi connectivity index (χ3v) is 6.40. The predicted molar refractivity (Wildman–Crippen MR) is 127 cm³/mol. The molecular weight excluding hydrogens is 450 g/mol. The highest BCUT2D eigenvalue weighted by atomic mass is 16.5. The summed E-state index contributed by atoms with van der Waals surface area (Å²) in [4.78, 5) is 40.5. The van der Waals surface area contributed by atoms with Gasteiger partial charge in [0.15, 0.2) is 0 Å². The van der Waals surface area contributed by atoms with Crippen molar-refractivity contribution < 1.29 is 28.6 Å². The summed E-state index contributed by atoms with van der Waals surface area (Å²) in [6.45, 7) is 4.77. The lowest BCUT2D eigenvalue weighted by molar-refractivity contribution is -0.141. The molecule has 0 bridgehead atoms. The molecule has 2 aliphatic heterocycles. The van der Waals surface area contributed by atoms with Gasteiger partial charge in [0, 0.05) is 37.2 Å². The van der Waals surface area contributed by atoms with Crippen LogP contribution in [0.5, 0.6) is 5.75 Å². The van der Waals surface area contributed by atoms with Crippen LogP contribution in [0.4, 0.5) is 0 Å². The van der Waals surface area contributed by atoms with Crippen LogP contribution in [0.2, 0.25) is 0 Å². The zero-order valence-corrected chi connectivity index (χ0v) is 19.9. The highest BCUT2D eigenvalue weighted by Gasteiger charge is 2.37. The standard InChI is InChI=1S/C26H31N3O6/c1-33-24(30)9-8-22(25(27)31)29-16-21-20(26(29)32)6-3-7-23(21)35-17-19-5-2-4-18(14-19)15-28-10-12-34-13-11-28/h2-7,14,22H,8-13,15-17H2,1H3,(H2,27,31). The molecule has 0 aromatic heterocycles. The Bertz CT molecular complexity index is 1080. The van der Waals surface area contributed by atoms with E-state index in [2.05, 4.69) is 21.8 Å². The number of rotatable bonds is 10. The van der Waals surface area contributed by atoms with Gasteiger partial charge in [0.2, 0.25) is 5.91 Å². The lowest BCUT2D eigenvalue weighted by Crippen LogP contribution is -2.45. The molecule has 1 atom stereocenters. The topological polar surface area (TPSA) is 111 Å². The van der Waals surface area contributed by atoms with Gasteiger partial charge in [-0.15, -0.1) is 0 Å². The summed E-state index contributed by atoms with van der Waals surface area (Å²) in [6, 6.07) is 12.7. The fourth-order valence-electron chi connectivity index (χ4n) is 4.52. The van der Waals surface area contributed by atoms with Gasteiger partial charge in [0.25, 0.3) is 5.91 Å². The van der Waals surface area contributed by atoms with Gasteiger partial charge in [-0.3, -0.25) is 19.3 Å². The van der Waals surface area contributed by atoms with Crippen LogP contribution in [0.1, 0.15) is 39.9 Å². The Labute approximate surface area is 204 Å². The fraction of sp³-hybridized carbons (Fsp3) is 0.423. The molecule has 9 nitrogen and oxygen atoms in total. The average molecular weight is 482 g/mol. The van der Waals surface area contributed by atoms with E-state index < -0.39 is 17.9 Å². The number of nitrogens with zero attached hydrogens (tertiary/aromatic N) is 2. The van der Waals surface area contributed by atoms with Crippen LogP contribution >= 0.6 is 0 Å². The molecule has 0 aliphatic carbocycles. The van der Waals surface area contributed by atoms with Gasteiger partial charge in [-0.25, -0.2) is 0 Å². The number of carbonyl (C=O) groups excluding carboxylic acids is 3. The number of esters is 1. The second kappa shape index (κ2) is 11.3. The van der Waals surface area contributed by atoms with Crippen LogP contribution in [0, 0.1) is 0 Å². The van der Waals surface area contributed by atoms with Crippen molar-refractivity contribution in [1.82, 2.24) is 9.80 Å². The summed E-state index contributed by atoms with van der Waals surface area (Å²) >= 11 is 0. The molecule has 2 aromatic carbocycles. The maximum absolute atomic E-state index is 13.1. The summed E-state index contributed by atoms with van der Waals surface area (Å²) in [5.41, 5.74) is 9.00. The monoisotopic (exact) mass is 481 g/mol. The Morgan fingerprint density at radius 3 is 2.60 bits per heavy atom. The Balaban J connectivity index is 1.43. The van der Waals surface area contributed by atoms with E-state index in [0.29, 0.717) is 23.5 Å². The highest BCUT2D eigenvalue weighted by Crippen LogP contribution is 2.33. The summed E-state index contributed by atoms with van der Waals surface area (Å²) in [7, 11) is 1.28. The number of amides is 2. The van der Waals surface area contributed by atoms with Crippen LogP contribution in [-0.4, -0.2) is 67.0 Å². The quantitative estimate of drug-likeness (QED) is 0.516. The first-order chi connectivity index (χ1) is 17.0. The first-order valence-corrected chi connectivity index (χ1v) is 11.8. The number of methoxy groups -OCH3 is 1. The molecule has 0 radical (unpaired) electrons. The van der Waals surface area contributed by atoms with E-state index >= 15 is 0 Å². The van der Waals surface area contributed by atoms with E-state index in [1.165, 1.54) is 17.6 Å². The van der Waals surface area contributed by atoms with Gasteiger partial charge in [-0.05, 0) is 29.7 Å². The Morgan fingerprint density at radius 1 is 1.11 bits per heavy atom. The highest BCUT2D eigenvalue weighted by molar-refractivity contribution is 6.01. The number of benzene rings is 2. The number of morpholine rings is 1. The minimum absolute atomic E-state index is 0.00557. The molecule has 2 aromatic rings. The van der Waals surface area contributed by atoms with E-state index in [0.717, 1.165) is 38.4 Å². The zero-order valence-electron chi connectivity index (χ0n) is 19.9. The van der Waals surface area contributed by atoms with Crippen molar-refractivity contribution in [3.8, 4) is 5.75 Å². The van der Waals surface area contributed by atoms with Crippen molar-refractivity contribution in [3.63, 3.8) is 0 Å². The summed E-state index contributed by atoms with van der Waals surface area (Å²) in [5.74, 6) is -0.824. The van der Waals surface area contributed by atoms with Gasteiger partial charge < -0.3 is 24.8 Å². The lowest BCUT2D eigenvalue weighted by atomic mass is 10.1. The third kappa shape index (κ3) is 5.98. The van der Waals surface area contributed by atoms with Crippen molar-refractivity contribution in [2.45, 2.75) is 38.6 Å². The number of primary amides is 1. The fourth-order valence-corrected chi connectivity index (χ4v) is 4.52. The average Bonchev–Trinajstić information content (AvgIpc) is 3.20. The van der Waals surface area contributed by atoms with Crippen molar-refractivity contribution in [1.29, 1.82) is 0 Å². The maximum Gasteiger partial charge on any atom is 0.305 e. The number of carbonyl (C=O) groups is 3. The Kier molecular flexibility index (Phi) is 7.99. The molecule has 4 rings (SSSR count). The zero-order chi connectivity index (χ0) is 24.8. The van der Waals surface area contributed by atoms with E-state index in [9.17, 15) is 14.4 Å². The molecule has 9 heteroatoms. The van der Waals surface area contributed by atoms with Crippen molar-refractivity contribution in [3.05, 3.63) is 64.7 Å². The molecule has 1 unspecified atom stereocenters. The van der Waals surface area contributed by atoms with Crippen LogP contribution in [0.15, 0.2) is 42.5 Å². The molecule has 1 saturated heterocycles. The van der Waals surface area contributed by atoms with Gasteiger partial charge in [-0.1, -0.05) is 30.3 Å². The molecule has 2 heterocycles. The summed E-state index contributed by atoms with van der Waals surface area (Å²) in [5, 5.41) is 0. The number of nitrogens with two attached hydrogens (primary N) is 1. The lowest BCUT2D eigenvalue weighted by Gasteiger charge is -2.26. The predicted octanol–water partition coefficient (Wildman–Crippen LogP) is 1.86. The van der Waals surface area contributed by atoms with Gasteiger partial charge in [0.1, 0.15) is 18.4 Å². The molecule has 35 heavy (non-hydrogen) atoms. The molecule has 0 spiro atoms. The minimum atomic E-state index is -0.904. The number of fused-ring (bicyclic) bond motifs is 1. The minimum Gasteiger partial charge on any atom is -0.489 e. The SMILES string of the molecule is COC(=O)CCC(C(N)=O)N1Cc2c(OCc3cccc(CN4CCOCC4)c3)cccc2C1=O. The van der Waals surface area contributed by atoms with Gasteiger partial charge >= 0.3 is 5.97 Å². The van der Waals surface area contributed by atoms with Crippen LogP contribution in [0.3, 0.4) is 0 Å². The largest absolute Gasteiger partial charge is 0.489 e. The second-order valence-electron chi connectivity index (χ2n) is 8.75. The van der Waals surface area contributed by atoms with Crippen molar-refractivity contribution in [2.24, 2.45) is 5.73 Å². The van der Waals surface area contributed by atoms with E-state index in [1.54, 1.807) is 12.1 Å². The van der Waals surface area contributed by atoms with E-state index in [4.69, 9.17) is 15.2 Å². The van der Waals surface area contributed by atoms with Crippen molar-refractivity contribution >= 4 is 17.8 Å². The first kappa shape index (κ1) is 24.7. The van der Waals surface area contributed by atoms with Crippen LogP contribution < -0.4 is 10.5 Å². The Hall–Kier alpha value is -3.43. The molecule has 2 amide bonds. The molecular formula is C26H31N3O6. The van der Waals surface area contributed by atoms with Crippen LogP contribution in [-0.2, 0) is 38.8 Å². The van der Waals surface area contributed by atoms with Crippen molar-refractivity contribution in [2.75, 3.05) is 33.4 Å². The third-order valence-electron chi connectivity index (χ3n) is 6.40. The van der Waals surface area contributed by atoms with Gasteiger partial charge in [-0.2, -0.15) is 0 Å². The molecule has 2 N–H and O–H groups in total. The van der Waals surface area contributed by atoms with E-state index in [1.807, 2.05) is 18.2 Å². The molecule has 2 aliphatic rings. The van der Waals surface area contributed by atoms with Crippen LogP contribution in [0.25, 0.3) is 0 Å². The molecule has 0 saturated carbocycles. The first-order valence-electron chi connectivity index (χ1n) is 11.8. The normalized spacial score (nSPS) is 16.6. The second-order valence-corrected chi connectivity index (χ2v) is 8.75. The maximum atomic E-state index is 13.1. The number of hydrogen-bond donors (Lipinski definition) is 1. The van der Waals surface area contributed by atoms with Gasteiger partial charge in [0.05, 0.1) is 26.9 Å². The molecule has 1 fully saturated rings. The molecule has 186 valence electrons. The number of ether oxygens (including phenoxy) is 3.